The Bertz CT molecular complexity index is 752. The van der Waals surface area contributed by atoms with Gasteiger partial charge in [-0.2, -0.15) is 0 Å². The minimum atomic E-state index is -0.107. The predicted octanol–water partition coefficient (Wildman–Crippen LogP) is 4.17. The zero-order valence-corrected chi connectivity index (χ0v) is 13.9. The molecule has 0 radical (unpaired) electrons. The summed E-state index contributed by atoms with van der Waals surface area (Å²) in [6.45, 7) is 0.473. The summed E-state index contributed by atoms with van der Waals surface area (Å²) in [4.78, 5) is 14.7. The quantitative estimate of drug-likeness (QED) is 0.651. The minimum absolute atomic E-state index is 0.0364. The average Bonchev–Trinajstić information content (AvgIpc) is 3.13. The summed E-state index contributed by atoms with van der Waals surface area (Å²) in [5, 5.41) is 8.79. The molecule has 0 unspecified atom stereocenters. The first-order valence-electron chi connectivity index (χ1n) is 7.20. The number of benzene rings is 1. The second-order valence-corrected chi connectivity index (χ2v) is 6.36. The Morgan fingerprint density at radius 2 is 2.00 bits per heavy atom. The maximum atomic E-state index is 12.0. The number of hydrogen-bond acceptors (Lipinski definition) is 5. The van der Waals surface area contributed by atoms with E-state index in [1.165, 1.54) is 4.90 Å². The van der Waals surface area contributed by atoms with Gasteiger partial charge in [0.1, 0.15) is 16.5 Å². The topological polar surface area (TPSA) is 53.7 Å². The molecule has 6 heteroatoms. The zero-order valence-electron chi connectivity index (χ0n) is 12.3. The van der Waals surface area contributed by atoms with Gasteiger partial charge in [0.2, 0.25) is 0 Å². The molecular weight excluding hydrogens is 330 g/mol. The molecule has 1 saturated heterocycles. The number of carbonyl (C=O) groups excluding carboxylic acids is 1. The molecule has 1 amide bonds. The first-order valence-corrected chi connectivity index (χ1v) is 8.43. The smallest absolute Gasteiger partial charge is 0.291 e. The largest absolute Gasteiger partial charge is 0.457 e. The zero-order chi connectivity index (χ0) is 16.2. The fraction of sp³-hybridized carbons (Fsp3) is 0.176. The number of hydrogen-bond donors (Lipinski definition) is 1. The van der Waals surface area contributed by atoms with Gasteiger partial charge in [0.05, 0.1) is 4.91 Å². The van der Waals surface area contributed by atoms with E-state index in [1.807, 2.05) is 42.5 Å². The third-order valence-electron chi connectivity index (χ3n) is 3.37. The third-order valence-corrected chi connectivity index (χ3v) is 4.87. The Morgan fingerprint density at radius 3 is 2.74 bits per heavy atom. The number of amides is 1. The number of furan rings is 1. The summed E-state index contributed by atoms with van der Waals surface area (Å²) in [5.74, 6) is 1.43. The first-order chi connectivity index (χ1) is 11.2. The van der Waals surface area contributed by atoms with Crippen LogP contribution < -0.4 is 0 Å². The van der Waals surface area contributed by atoms with E-state index >= 15 is 0 Å². The van der Waals surface area contributed by atoms with Crippen LogP contribution in [0.4, 0.5) is 4.79 Å². The van der Waals surface area contributed by atoms with Crippen molar-refractivity contribution in [2.24, 2.45) is 0 Å². The number of carbonyl (C=O) groups is 1. The van der Waals surface area contributed by atoms with Crippen LogP contribution in [-0.4, -0.2) is 33.4 Å². The van der Waals surface area contributed by atoms with E-state index in [2.05, 4.69) is 0 Å². The van der Waals surface area contributed by atoms with Gasteiger partial charge in [-0.3, -0.25) is 9.69 Å². The highest BCUT2D eigenvalue weighted by atomic mass is 32.2. The van der Waals surface area contributed by atoms with Crippen molar-refractivity contribution in [2.45, 2.75) is 6.42 Å². The fourth-order valence-corrected chi connectivity index (χ4v) is 3.51. The molecule has 0 bridgehead atoms. The number of rotatable bonds is 5. The Balaban J connectivity index is 1.79. The number of nitrogens with zero attached hydrogens (tertiary/aromatic N) is 1. The van der Waals surface area contributed by atoms with Gasteiger partial charge < -0.3 is 9.52 Å². The molecular formula is C17H15NO3S2. The van der Waals surface area contributed by atoms with Crippen molar-refractivity contribution >= 4 is 40.3 Å². The summed E-state index contributed by atoms with van der Waals surface area (Å²) < 4.78 is 5.81. The van der Waals surface area contributed by atoms with Crippen molar-refractivity contribution in [1.82, 2.24) is 4.90 Å². The minimum Gasteiger partial charge on any atom is -0.457 e. The molecule has 118 valence electrons. The van der Waals surface area contributed by atoms with E-state index in [1.54, 1.807) is 6.08 Å². The second kappa shape index (κ2) is 7.12. The van der Waals surface area contributed by atoms with Crippen molar-refractivity contribution in [3.63, 3.8) is 0 Å². The van der Waals surface area contributed by atoms with Crippen LogP contribution in [0.3, 0.4) is 0 Å². The van der Waals surface area contributed by atoms with Gasteiger partial charge in [0, 0.05) is 18.7 Å². The second-order valence-electron chi connectivity index (χ2n) is 4.98. The van der Waals surface area contributed by atoms with Crippen molar-refractivity contribution < 1.29 is 14.3 Å². The summed E-state index contributed by atoms with van der Waals surface area (Å²) in [7, 11) is 0. The van der Waals surface area contributed by atoms with E-state index in [4.69, 9.17) is 21.7 Å². The maximum Gasteiger partial charge on any atom is 0.291 e. The summed E-state index contributed by atoms with van der Waals surface area (Å²) in [6.07, 6.45) is 2.30. The van der Waals surface area contributed by atoms with Crippen molar-refractivity contribution in [3.05, 3.63) is 53.1 Å². The molecule has 2 heterocycles. The molecule has 23 heavy (non-hydrogen) atoms. The highest BCUT2D eigenvalue weighted by Crippen LogP contribution is 2.34. The lowest BCUT2D eigenvalue weighted by atomic mass is 10.2. The molecule has 0 aliphatic carbocycles. The molecule has 2 aromatic rings. The Labute approximate surface area is 143 Å². The Hall–Kier alpha value is -1.89. The lowest BCUT2D eigenvalue weighted by Gasteiger charge is -2.13. The molecule has 1 aliphatic rings. The van der Waals surface area contributed by atoms with Gasteiger partial charge in [-0.15, -0.1) is 0 Å². The molecule has 1 fully saturated rings. The highest BCUT2D eigenvalue weighted by molar-refractivity contribution is 8.19. The van der Waals surface area contributed by atoms with Crippen LogP contribution in [0, 0.1) is 0 Å². The van der Waals surface area contributed by atoms with E-state index in [0.29, 0.717) is 28.6 Å². The summed E-state index contributed by atoms with van der Waals surface area (Å²) in [6, 6.07) is 13.6. The highest BCUT2D eigenvalue weighted by Gasteiger charge is 2.31. The summed E-state index contributed by atoms with van der Waals surface area (Å²) in [5.41, 5.74) is 0.999. The van der Waals surface area contributed by atoms with Crippen LogP contribution in [0.5, 0.6) is 0 Å². The lowest BCUT2D eigenvalue weighted by Crippen LogP contribution is -2.28. The number of aliphatic hydroxyl groups is 1. The third kappa shape index (κ3) is 3.55. The van der Waals surface area contributed by atoms with Gasteiger partial charge in [0.25, 0.3) is 5.24 Å². The molecule has 3 rings (SSSR count). The Morgan fingerprint density at radius 1 is 1.22 bits per heavy atom. The summed E-state index contributed by atoms with van der Waals surface area (Å²) >= 11 is 6.44. The van der Waals surface area contributed by atoms with Crippen molar-refractivity contribution in [2.75, 3.05) is 13.2 Å². The Kier molecular flexibility index (Phi) is 4.95. The molecule has 4 nitrogen and oxygen atoms in total. The normalized spacial score (nSPS) is 16.6. The van der Waals surface area contributed by atoms with Crippen LogP contribution in [0.15, 0.2) is 51.8 Å². The van der Waals surface area contributed by atoms with E-state index in [9.17, 15) is 4.79 Å². The number of aliphatic hydroxyl groups excluding tert-OH is 1. The number of thioether (sulfide) groups is 1. The van der Waals surface area contributed by atoms with Crippen LogP contribution in [0.2, 0.25) is 0 Å². The van der Waals surface area contributed by atoms with Gasteiger partial charge in [-0.1, -0.05) is 42.5 Å². The van der Waals surface area contributed by atoms with Crippen LogP contribution >= 0.6 is 24.0 Å². The average molecular weight is 345 g/mol. The van der Waals surface area contributed by atoms with Crippen LogP contribution in [0.1, 0.15) is 12.2 Å². The van der Waals surface area contributed by atoms with Crippen LogP contribution in [-0.2, 0) is 0 Å². The lowest BCUT2D eigenvalue weighted by molar-refractivity contribution is 0.238. The number of thiocarbonyl (C=S) groups is 1. The SMILES string of the molecule is O=C1SC(=Cc2ccc(-c3ccccc3)o2)C(=S)N1CCCO. The van der Waals surface area contributed by atoms with Gasteiger partial charge >= 0.3 is 0 Å². The first kappa shape index (κ1) is 16.0. The van der Waals surface area contributed by atoms with Gasteiger partial charge in [-0.25, -0.2) is 0 Å². The van der Waals surface area contributed by atoms with Crippen LogP contribution in [0.25, 0.3) is 17.4 Å². The molecule has 0 spiro atoms. The molecule has 1 aliphatic heterocycles. The van der Waals surface area contributed by atoms with E-state index in [0.717, 1.165) is 23.1 Å². The van der Waals surface area contributed by atoms with Crippen molar-refractivity contribution in [1.29, 1.82) is 0 Å². The van der Waals surface area contributed by atoms with Gasteiger partial charge in [0.15, 0.2) is 0 Å². The monoisotopic (exact) mass is 345 g/mol. The van der Waals surface area contributed by atoms with E-state index in [-0.39, 0.29) is 11.8 Å². The molecule has 1 N–H and O–H groups in total. The fourth-order valence-electron chi connectivity index (χ4n) is 2.24. The predicted molar refractivity (Wildman–Crippen MR) is 96.1 cm³/mol. The van der Waals surface area contributed by atoms with Crippen molar-refractivity contribution in [3.8, 4) is 11.3 Å². The molecule has 0 saturated carbocycles. The molecule has 1 aromatic carbocycles. The molecule has 1 aromatic heterocycles. The van der Waals surface area contributed by atoms with Gasteiger partial charge in [-0.05, 0) is 36.4 Å². The van der Waals surface area contributed by atoms with E-state index < -0.39 is 0 Å². The standard InChI is InChI=1S/C17H15NO3S2/c19-10-4-9-18-16(22)15(23-17(18)20)11-13-7-8-14(21-13)12-5-2-1-3-6-12/h1-3,5-8,11,19H,4,9-10H2. The maximum absolute atomic E-state index is 12.0. The molecule has 0 atom stereocenters.